The Morgan fingerprint density at radius 2 is 1.56 bits per heavy atom. The van der Waals surface area contributed by atoms with E-state index in [0.29, 0.717) is 29.7 Å². The first-order valence-corrected chi connectivity index (χ1v) is 21.7. The number of fused-ring (bicyclic) bond motifs is 4. The molecule has 0 aromatic heterocycles. The first-order valence-electron chi connectivity index (χ1n) is 20.2. The maximum Gasteiger partial charge on any atom is 0.408 e. The van der Waals surface area contributed by atoms with Gasteiger partial charge in [0, 0.05) is 12.5 Å². The number of alkyl carbamates (subject to hydrolysis) is 2. The number of ether oxygens (including phenoxy) is 4. The molecule has 2 aliphatic rings. The molecule has 0 radical (unpaired) electrons. The van der Waals surface area contributed by atoms with Crippen LogP contribution in [0.2, 0.25) is 0 Å². The molecule has 61 heavy (non-hydrogen) atoms. The van der Waals surface area contributed by atoms with Crippen molar-refractivity contribution in [3.05, 3.63) is 81.9 Å². The number of nitrogens with two attached hydrogens (primary N) is 1. The number of sulfonamides is 1. The number of carboxylic acids is 1. The molecule has 0 fully saturated rings. The number of carbonyl (C=O) groups is 4. The minimum Gasteiger partial charge on any atom is -0.487 e. The monoisotopic (exact) mass is 863 g/mol. The Balaban J connectivity index is 1.28. The molecule has 0 saturated heterocycles. The topological polar surface area (TPSA) is 234 Å². The number of carboxylic acid groups (broad SMARTS) is 1. The van der Waals surface area contributed by atoms with Crippen molar-refractivity contribution < 1.29 is 51.6 Å². The average Bonchev–Trinajstić information content (AvgIpc) is 3.48. The normalized spacial score (nSPS) is 16.0. The van der Waals surface area contributed by atoms with Gasteiger partial charge >= 0.3 is 24.1 Å². The summed E-state index contributed by atoms with van der Waals surface area (Å²) >= 11 is 0. The summed E-state index contributed by atoms with van der Waals surface area (Å²) in [5.41, 5.74) is 11.4. The Bertz CT molecular complexity index is 2270. The zero-order chi connectivity index (χ0) is 45.0. The summed E-state index contributed by atoms with van der Waals surface area (Å²) in [5, 5.41) is 14.6. The molecule has 3 aromatic carbocycles. The Labute approximate surface area is 357 Å². The summed E-state index contributed by atoms with van der Waals surface area (Å²) in [4.78, 5) is 55.8. The number of amides is 2. The minimum atomic E-state index is -4.18. The molecule has 0 spiro atoms. The molecule has 16 nitrogen and oxygen atoms in total. The first kappa shape index (κ1) is 46.2. The van der Waals surface area contributed by atoms with Crippen molar-refractivity contribution in [2.24, 2.45) is 10.7 Å². The lowest BCUT2D eigenvalue weighted by atomic mass is 9.88. The summed E-state index contributed by atoms with van der Waals surface area (Å²) < 4.78 is 52.4. The van der Waals surface area contributed by atoms with Gasteiger partial charge in [0.1, 0.15) is 35.7 Å². The van der Waals surface area contributed by atoms with Crippen LogP contribution in [-0.2, 0) is 40.2 Å². The number of carbonyl (C=O) groups excluding carboxylic acids is 3. The van der Waals surface area contributed by atoms with E-state index in [4.69, 9.17) is 24.7 Å². The van der Waals surface area contributed by atoms with Crippen molar-refractivity contribution in [1.82, 2.24) is 15.4 Å². The van der Waals surface area contributed by atoms with Gasteiger partial charge in [0.05, 0.1) is 4.90 Å². The fraction of sp³-hybridized carbons (Fsp3) is 0.477. The molecule has 1 heterocycles. The number of rotatable bonds is 14. The van der Waals surface area contributed by atoms with Crippen LogP contribution in [0, 0.1) is 20.8 Å². The number of hydrogen-bond acceptors (Lipinski definition) is 11. The van der Waals surface area contributed by atoms with Crippen molar-refractivity contribution in [1.29, 1.82) is 0 Å². The molecule has 17 heteroatoms. The SMILES string of the molecule is Cc1c(C)c(S(=O)(=O)NC(N)=NCCC[C@H](NC(=O)OCC2c3ccccc3-c3ccccc32)C(=O)O[C@H](C)[C@H](NC(=O)OC(C)(C)C)C(=O)O)c(C)c2c1OC(C)(C)CC2. The molecule has 1 aliphatic carbocycles. The number of guanidine groups is 1. The number of esters is 1. The number of nitrogens with zero attached hydrogens (tertiary/aromatic N) is 1. The lowest BCUT2D eigenvalue weighted by Gasteiger charge is -2.35. The molecular weight excluding hydrogens is 807 g/mol. The van der Waals surface area contributed by atoms with Gasteiger partial charge in [-0.15, -0.1) is 0 Å². The summed E-state index contributed by atoms with van der Waals surface area (Å²) in [7, 11) is -4.18. The second kappa shape index (κ2) is 18.4. The highest BCUT2D eigenvalue weighted by atomic mass is 32.2. The van der Waals surface area contributed by atoms with E-state index in [0.717, 1.165) is 33.4 Å². The first-order chi connectivity index (χ1) is 28.5. The molecule has 0 bridgehead atoms. The lowest BCUT2D eigenvalue weighted by Crippen LogP contribution is -2.52. The maximum atomic E-state index is 13.7. The van der Waals surface area contributed by atoms with Gasteiger partial charge in [0.2, 0.25) is 5.96 Å². The quantitative estimate of drug-likeness (QED) is 0.0419. The van der Waals surface area contributed by atoms with E-state index < -0.39 is 57.9 Å². The van der Waals surface area contributed by atoms with Gasteiger partial charge < -0.3 is 40.4 Å². The molecule has 2 amide bonds. The predicted molar refractivity (Wildman–Crippen MR) is 228 cm³/mol. The van der Waals surface area contributed by atoms with Gasteiger partial charge in [0.25, 0.3) is 10.0 Å². The standard InChI is InChI=1S/C44H57N5O11S/c1-24-25(2)37(26(3)28-20-21-44(8,9)59-36(24)28)61(55,56)49-40(45)46-22-14-19-34(39(52)58-27(4)35(38(50)51)48-42(54)60-43(5,6)7)47-41(53)57-23-33-31-17-12-10-15-29(31)30-16-11-13-18-32(30)33/h10-13,15-18,27,33-35H,14,19-23H2,1-9H3,(H,47,53)(H,48,54)(H,50,51)(H3,45,46,49)/t27-,34+,35+/m1/s1. The highest BCUT2D eigenvalue weighted by Crippen LogP contribution is 2.45. The van der Waals surface area contributed by atoms with E-state index in [1.165, 1.54) is 6.92 Å². The third-order valence-electron chi connectivity index (χ3n) is 10.7. The molecule has 1 aliphatic heterocycles. The van der Waals surface area contributed by atoms with Gasteiger partial charge in [-0.05, 0) is 133 Å². The van der Waals surface area contributed by atoms with Crippen LogP contribution in [0.1, 0.15) is 100 Å². The van der Waals surface area contributed by atoms with E-state index in [-0.39, 0.29) is 48.4 Å². The molecule has 5 rings (SSSR count). The van der Waals surface area contributed by atoms with Crippen molar-refractivity contribution in [2.75, 3.05) is 13.2 Å². The van der Waals surface area contributed by atoms with Crippen LogP contribution in [0.5, 0.6) is 5.75 Å². The van der Waals surface area contributed by atoms with Crippen LogP contribution >= 0.6 is 0 Å². The molecular formula is C44H57N5O11S. The third kappa shape index (κ3) is 11.1. The Kier molecular flexibility index (Phi) is 14.0. The van der Waals surface area contributed by atoms with E-state index in [9.17, 15) is 32.7 Å². The summed E-state index contributed by atoms with van der Waals surface area (Å²) in [6.45, 7) is 15.2. The summed E-state index contributed by atoms with van der Waals surface area (Å²) in [6, 6.07) is 12.5. The van der Waals surface area contributed by atoms with Crippen LogP contribution in [0.4, 0.5) is 9.59 Å². The predicted octanol–water partition coefficient (Wildman–Crippen LogP) is 5.91. The van der Waals surface area contributed by atoms with Gasteiger partial charge in [-0.3, -0.25) is 4.99 Å². The zero-order valence-electron chi connectivity index (χ0n) is 36.1. The number of hydrogen-bond donors (Lipinski definition) is 5. The molecule has 0 unspecified atom stereocenters. The Morgan fingerprint density at radius 1 is 0.951 bits per heavy atom. The molecule has 330 valence electrons. The Morgan fingerprint density at radius 3 is 2.15 bits per heavy atom. The third-order valence-corrected chi connectivity index (χ3v) is 12.4. The molecule has 3 atom stereocenters. The fourth-order valence-corrected chi connectivity index (χ4v) is 9.17. The highest BCUT2D eigenvalue weighted by Gasteiger charge is 2.36. The maximum absolute atomic E-state index is 13.7. The summed E-state index contributed by atoms with van der Waals surface area (Å²) in [6.07, 6.45) is -2.04. The van der Waals surface area contributed by atoms with E-state index >= 15 is 0 Å². The van der Waals surface area contributed by atoms with Crippen LogP contribution in [0.15, 0.2) is 58.4 Å². The number of aliphatic imine (C=N–C) groups is 1. The van der Waals surface area contributed by atoms with Crippen LogP contribution in [0.3, 0.4) is 0 Å². The minimum absolute atomic E-state index is 0.0480. The average molecular weight is 864 g/mol. The van der Waals surface area contributed by atoms with Gasteiger partial charge in [-0.1, -0.05) is 48.5 Å². The van der Waals surface area contributed by atoms with Gasteiger partial charge in [-0.25, -0.2) is 32.3 Å². The van der Waals surface area contributed by atoms with Crippen molar-refractivity contribution in [2.45, 2.75) is 128 Å². The fourth-order valence-electron chi connectivity index (χ4n) is 7.65. The van der Waals surface area contributed by atoms with Crippen molar-refractivity contribution in [3.8, 4) is 16.9 Å². The van der Waals surface area contributed by atoms with Crippen LogP contribution < -0.4 is 25.8 Å². The molecule has 0 saturated carbocycles. The van der Waals surface area contributed by atoms with E-state index in [2.05, 4.69) is 20.3 Å². The van der Waals surface area contributed by atoms with E-state index in [1.807, 2.05) is 69.3 Å². The van der Waals surface area contributed by atoms with Crippen molar-refractivity contribution in [3.63, 3.8) is 0 Å². The number of nitrogens with one attached hydrogen (secondary N) is 3. The second-order valence-electron chi connectivity index (χ2n) is 17.0. The smallest absolute Gasteiger partial charge is 0.408 e. The van der Waals surface area contributed by atoms with Gasteiger partial charge in [-0.2, -0.15) is 0 Å². The number of benzene rings is 3. The largest absolute Gasteiger partial charge is 0.487 e. The van der Waals surface area contributed by atoms with Crippen LogP contribution in [-0.4, -0.2) is 86.2 Å². The molecule has 3 aromatic rings. The summed E-state index contributed by atoms with van der Waals surface area (Å²) in [5.74, 6) is -2.47. The second-order valence-corrected chi connectivity index (χ2v) is 18.6. The number of aliphatic carboxylic acids is 1. The van der Waals surface area contributed by atoms with E-state index in [1.54, 1.807) is 34.6 Å². The van der Waals surface area contributed by atoms with Crippen LogP contribution in [0.25, 0.3) is 11.1 Å². The van der Waals surface area contributed by atoms with Gasteiger partial charge in [0.15, 0.2) is 6.04 Å². The molecule has 6 N–H and O–H groups in total. The zero-order valence-corrected chi connectivity index (χ0v) is 36.9. The Hall–Kier alpha value is -5.84. The van der Waals surface area contributed by atoms with Crippen molar-refractivity contribution >= 4 is 40.1 Å². The lowest BCUT2D eigenvalue weighted by molar-refractivity contribution is -0.156. The highest BCUT2D eigenvalue weighted by molar-refractivity contribution is 7.90.